The minimum absolute atomic E-state index is 0.494. The average Bonchev–Trinajstić information content (AvgIpc) is 3.05. The molecule has 2 heterocycles. The van der Waals surface area contributed by atoms with Gasteiger partial charge in [-0.05, 0) is 42.4 Å². The van der Waals surface area contributed by atoms with Crippen LogP contribution in [-0.2, 0) is 0 Å². The first-order chi connectivity index (χ1) is 10.6. The Labute approximate surface area is 138 Å². The Balaban J connectivity index is 1.75. The van der Waals surface area contributed by atoms with Crippen LogP contribution in [0, 0.1) is 0 Å². The van der Waals surface area contributed by atoms with Crippen molar-refractivity contribution in [3.8, 4) is 0 Å². The molecule has 0 aliphatic carbocycles. The minimum Gasteiger partial charge on any atom is -0.356 e. The van der Waals surface area contributed by atoms with Crippen molar-refractivity contribution < 1.29 is 0 Å². The number of hydrogen-bond acceptors (Lipinski definition) is 4. The van der Waals surface area contributed by atoms with E-state index in [0.29, 0.717) is 12.0 Å². The van der Waals surface area contributed by atoms with E-state index in [4.69, 9.17) is 0 Å². The summed E-state index contributed by atoms with van der Waals surface area (Å²) in [6, 6.07) is 2.73. The zero-order chi connectivity index (χ0) is 15.9. The molecular weight excluding hydrogens is 294 g/mol. The molecule has 2 atom stereocenters. The Morgan fingerprint density at radius 2 is 2.23 bits per heavy atom. The predicted octanol–water partition coefficient (Wildman–Crippen LogP) is 1.26. The number of rotatable bonds is 5. The number of piperazine rings is 1. The van der Waals surface area contributed by atoms with E-state index >= 15 is 0 Å². The van der Waals surface area contributed by atoms with E-state index in [1.165, 1.54) is 5.56 Å². The van der Waals surface area contributed by atoms with Crippen LogP contribution in [0.4, 0.5) is 0 Å². The highest BCUT2D eigenvalue weighted by Gasteiger charge is 2.22. The van der Waals surface area contributed by atoms with Crippen LogP contribution in [0.25, 0.3) is 0 Å². The molecule has 2 unspecified atom stereocenters. The van der Waals surface area contributed by atoms with Gasteiger partial charge < -0.3 is 15.5 Å². The highest BCUT2D eigenvalue weighted by atomic mass is 32.1. The van der Waals surface area contributed by atoms with Crippen molar-refractivity contribution >= 4 is 17.3 Å². The summed E-state index contributed by atoms with van der Waals surface area (Å²) in [6.07, 6.45) is 0. The van der Waals surface area contributed by atoms with Crippen molar-refractivity contribution in [2.75, 3.05) is 53.9 Å². The van der Waals surface area contributed by atoms with E-state index < -0.39 is 0 Å². The lowest BCUT2D eigenvalue weighted by Crippen LogP contribution is -2.55. The number of aliphatic imine (C=N–C) groups is 1. The normalized spacial score (nSPS) is 22.5. The molecule has 0 spiro atoms. The first kappa shape index (κ1) is 17.2. The standard InChI is InChI=1S/C16H29N5S/c1-13(14-5-8-22-12-14)9-18-16(17-2)19-10-15-11-20(3)6-7-21(15)4/h5,8,12-13,15H,6-7,9-11H2,1-4H3,(H2,17,18,19). The number of thiophene rings is 1. The van der Waals surface area contributed by atoms with Crippen LogP contribution < -0.4 is 10.6 Å². The van der Waals surface area contributed by atoms with Gasteiger partial charge in [0.15, 0.2) is 5.96 Å². The molecule has 1 aliphatic rings. The Kier molecular flexibility index (Phi) is 6.67. The highest BCUT2D eigenvalue weighted by Crippen LogP contribution is 2.16. The number of guanidine groups is 1. The molecule has 2 N–H and O–H groups in total. The summed E-state index contributed by atoms with van der Waals surface area (Å²) in [7, 11) is 6.23. The third-order valence-electron chi connectivity index (χ3n) is 4.40. The zero-order valence-electron chi connectivity index (χ0n) is 14.2. The van der Waals surface area contributed by atoms with Gasteiger partial charge in [-0.25, -0.2) is 0 Å². The fraction of sp³-hybridized carbons (Fsp3) is 0.688. The maximum absolute atomic E-state index is 4.33. The number of nitrogens with zero attached hydrogens (tertiary/aromatic N) is 3. The average molecular weight is 324 g/mol. The monoisotopic (exact) mass is 323 g/mol. The molecule has 5 nitrogen and oxygen atoms in total. The van der Waals surface area contributed by atoms with Crippen LogP contribution in [0.15, 0.2) is 21.8 Å². The van der Waals surface area contributed by atoms with Crippen LogP contribution in [0.1, 0.15) is 18.4 Å². The zero-order valence-corrected chi connectivity index (χ0v) is 15.0. The molecule has 0 aromatic carbocycles. The Morgan fingerprint density at radius 3 is 2.91 bits per heavy atom. The van der Waals surface area contributed by atoms with Gasteiger partial charge in [0.2, 0.25) is 0 Å². The van der Waals surface area contributed by atoms with Gasteiger partial charge in [-0.1, -0.05) is 6.92 Å². The summed E-state index contributed by atoms with van der Waals surface area (Å²) in [5, 5.41) is 11.2. The molecule has 1 saturated heterocycles. The number of hydrogen-bond donors (Lipinski definition) is 2. The number of nitrogens with one attached hydrogen (secondary N) is 2. The minimum atomic E-state index is 0.494. The fourth-order valence-corrected chi connectivity index (χ4v) is 3.46. The second-order valence-electron chi connectivity index (χ2n) is 6.19. The fourth-order valence-electron chi connectivity index (χ4n) is 2.68. The van der Waals surface area contributed by atoms with E-state index in [2.05, 4.69) is 63.3 Å². The summed E-state index contributed by atoms with van der Waals surface area (Å²) in [5.41, 5.74) is 1.39. The quantitative estimate of drug-likeness (QED) is 0.632. The smallest absolute Gasteiger partial charge is 0.191 e. The lowest BCUT2D eigenvalue weighted by molar-refractivity contribution is 0.116. The van der Waals surface area contributed by atoms with Crippen LogP contribution in [-0.4, -0.2) is 75.7 Å². The van der Waals surface area contributed by atoms with E-state index in [0.717, 1.165) is 38.7 Å². The summed E-state index contributed by atoms with van der Waals surface area (Å²) >= 11 is 1.75. The van der Waals surface area contributed by atoms with Crippen LogP contribution in [0.2, 0.25) is 0 Å². The summed E-state index contributed by atoms with van der Waals surface area (Å²) in [4.78, 5) is 9.15. The summed E-state index contributed by atoms with van der Waals surface area (Å²) in [6.45, 7) is 7.45. The SMILES string of the molecule is CN=C(NCC(C)c1ccsc1)NCC1CN(C)CCN1C. The largest absolute Gasteiger partial charge is 0.356 e. The van der Waals surface area contributed by atoms with Crippen molar-refractivity contribution in [1.29, 1.82) is 0 Å². The Hall–Kier alpha value is -1.11. The van der Waals surface area contributed by atoms with E-state index in [1.807, 2.05) is 7.05 Å². The van der Waals surface area contributed by atoms with E-state index in [-0.39, 0.29) is 0 Å². The van der Waals surface area contributed by atoms with Crippen molar-refractivity contribution in [1.82, 2.24) is 20.4 Å². The molecule has 6 heteroatoms. The van der Waals surface area contributed by atoms with Gasteiger partial charge in [-0.15, -0.1) is 0 Å². The molecule has 0 saturated carbocycles. The van der Waals surface area contributed by atoms with E-state index in [9.17, 15) is 0 Å². The van der Waals surface area contributed by atoms with Gasteiger partial charge in [0.1, 0.15) is 0 Å². The Bertz CT molecular complexity index is 459. The van der Waals surface area contributed by atoms with Gasteiger partial charge in [-0.3, -0.25) is 9.89 Å². The first-order valence-electron chi connectivity index (χ1n) is 7.95. The molecule has 1 aromatic heterocycles. The molecule has 22 heavy (non-hydrogen) atoms. The van der Waals surface area contributed by atoms with Gasteiger partial charge in [0.05, 0.1) is 0 Å². The predicted molar refractivity (Wildman–Crippen MR) is 96.0 cm³/mol. The Morgan fingerprint density at radius 1 is 1.41 bits per heavy atom. The number of likely N-dealkylation sites (N-methyl/N-ethyl adjacent to an activating group) is 2. The molecule has 1 aromatic rings. The van der Waals surface area contributed by atoms with Crippen molar-refractivity contribution in [2.24, 2.45) is 4.99 Å². The molecule has 2 rings (SSSR count). The maximum atomic E-state index is 4.33. The molecular formula is C16H29N5S. The molecule has 0 amide bonds. The molecule has 1 aliphatic heterocycles. The van der Waals surface area contributed by atoms with Crippen molar-refractivity contribution in [3.05, 3.63) is 22.4 Å². The second kappa shape index (κ2) is 8.50. The third-order valence-corrected chi connectivity index (χ3v) is 5.10. The molecule has 124 valence electrons. The lowest BCUT2D eigenvalue weighted by atomic mass is 10.1. The summed E-state index contributed by atoms with van der Waals surface area (Å²) in [5.74, 6) is 1.39. The van der Waals surface area contributed by atoms with Crippen LogP contribution in [0.5, 0.6) is 0 Å². The van der Waals surface area contributed by atoms with Crippen molar-refractivity contribution in [3.63, 3.8) is 0 Å². The van der Waals surface area contributed by atoms with Crippen molar-refractivity contribution in [2.45, 2.75) is 18.9 Å². The lowest BCUT2D eigenvalue weighted by Gasteiger charge is -2.38. The molecule has 1 fully saturated rings. The molecule has 0 bridgehead atoms. The third kappa shape index (κ3) is 4.97. The van der Waals surface area contributed by atoms with E-state index in [1.54, 1.807) is 11.3 Å². The first-order valence-corrected chi connectivity index (χ1v) is 8.89. The van der Waals surface area contributed by atoms with Crippen LogP contribution in [0.3, 0.4) is 0 Å². The summed E-state index contributed by atoms with van der Waals surface area (Å²) < 4.78 is 0. The highest BCUT2D eigenvalue weighted by molar-refractivity contribution is 7.07. The van der Waals surface area contributed by atoms with Gasteiger partial charge in [0, 0.05) is 45.8 Å². The topological polar surface area (TPSA) is 42.9 Å². The maximum Gasteiger partial charge on any atom is 0.191 e. The van der Waals surface area contributed by atoms with Crippen LogP contribution >= 0.6 is 11.3 Å². The van der Waals surface area contributed by atoms with Gasteiger partial charge in [-0.2, -0.15) is 11.3 Å². The second-order valence-corrected chi connectivity index (χ2v) is 6.97. The van der Waals surface area contributed by atoms with Gasteiger partial charge in [0.25, 0.3) is 0 Å². The van der Waals surface area contributed by atoms with Gasteiger partial charge >= 0.3 is 0 Å². The molecule has 0 radical (unpaired) electrons.